The fourth-order valence-corrected chi connectivity index (χ4v) is 3.51. The van der Waals surface area contributed by atoms with Crippen molar-refractivity contribution in [2.45, 2.75) is 19.8 Å². The smallest absolute Gasteiger partial charge is 0.282 e. The number of hydrogen-bond acceptors (Lipinski definition) is 4. The van der Waals surface area contributed by atoms with Crippen molar-refractivity contribution in [1.29, 1.82) is 5.41 Å². The van der Waals surface area contributed by atoms with Crippen LogP contribution >= 0.6 is 27.7 Å². The molecule has 0 radical (unpaired) electrons. The zero-order valence-electron chi connectivity index (χ0n) is 11.8. The molecule has 0 bridgehead atoms. The number of aliphatic imine (C=N–C) groups is 1. The van der Waals surface area contributed by atoms with Gasteiger partial charge in [0.05, 0.1) is 5.57 Å². The molecule has 2 aliphatic rings. The number of rotatable bonds is 3. The maximum absolute atomic E-state index is 12.2. The summed E-state index contributed by atoms with van der Waals surface area (Å²) in [6.45, 7) is 2.07. The Balaban J connectivity index is 1.95. The minimum atomic E-state index is -0.392. The molecule has 0 fully saturated rings. The second-order valence-electron chi connectivity index (χ2n) is 4.82. The third-order valence-electron chi connectivity index (χ3n) is 3.12. The molecule has 0 unspecified atom stereocenters. The molecule has 0 spiro atoms. The maximum atomic E-state index is 12.2. The van der Waals surface area contributed by atoms with Crippen molar-refractivity contribution in [3.05, 3.63) is 39.9 Å². The van der Waals surface area contributed by atoms with Gasteiger partial charge in [-0.25, -0.2) is 0 Å². The monoisotopic (exact) mass is 376 g/mol. The van der Waals surface area contributed by atoms with Crippen LogP contribution < -0.4 is 0 Å². The van der Waals surface area contributed by atoms with E-state index in [0.29, 0.717) is 5.17 Å². The van der Waals surface area contributed by atoms with Gasteiger partial charge in [-0.1, -0.05) is 35.0 Å². The number of nitrogens with zero attached hydrogens (tertiary/aromatic N) is 3. The standard InChI is InChI=1S/C15H13BrN4OS/c1-2-4-12-19-20-13(17)11(14(21)18-15(20)22-12)8-9-5-3-6-10(16)7-9/h3,5-8,17H,2,4H2,1H3/b11-8-,17-13?. The average Bonchev–Trinajstić information content (AvgIpc) is 2.87. The van der Waals surface area contributed by atoms with Crippen molar-refractivity contribution in [3.63, 3.8) is 0 Å². The first-order valence-corrected chi connectivity index (χ1v) is 8.44. The number of amidine groups is 2. The van der Waals surface area contributed by atoms with E-state index >= 15 is 0 Å². The van der Waals surface area contributed by atoms with Crippen LogP contribution in [-0.2, 0) is 4.79 Å². The van der Waals surface area contributed by atoms with Crippen LogP contribution in [-0.4, -0.2) is 27.0 Å². The highest BCUT2D eigenvalue weighted by Gasteiger charge is 2.35. The largest absolute Gasteiger partial charge is 0.283 e. The van der Waals surface area contributed by atoms with Crippen LogP contribution in [0.1, 0.15) is 25.3 Å². The van der Waals surface area contributed by atoms with Crippen molar-refractivity contribution in [2.75, 3.05) is 0 Å². The minimum Gasteiger partial charge on any atom is -0.282 e. The Morgan fingerprint density at radius 1 is 1.45 bits per heavy atom. The highest BCUT2D eigenvalue weighted by atomic mass is 79.9. The van der Waals surface area contributed by atoms with Crippen LogP contribution in [0.4, 0.5) is 0 Å². The molecule has 1 aromatic rings. The van der Waals surface area contributed by atoms with Crippen molar-refractivity contribution < 1.29 is 4.79 Å². The third-order valence-corrected chi connectivity index (χ3v) is 4.58. The van der Waals surface area contributed by atoms with Crippen molar-refractivity contribution in [1.82, 2.24) is 5.01 Å². The van der Waals surface area contributed by atoms with E-state index in [0.717, 1.165) is 27.9 Å². The summed E-state index contributed by atoms with van der Waals surface area (Å²) < 4.78 is 0.917. The number of fused-ring (bicyclic) bond motifs is 1. The lowest BCUT2D eigenvalue weighted by Crippen LogP contribution is -2.35. The molecule has 7 heteroatoms. The molecular weight excluding hydrogens is 364 g/mol. The van der Waals surface area contributed by atoms with Crippen LogP contribution in [0.5, 0.6) is 0 Å². The summed E-state index contributed by atoms with van der Waals surface area (Å²) in [4.78, 5) is 16.3. The zero-order chi connectivity index (χ0) is 15.7. The molecule has 1 amide bonds. The van der Waals surface area contributed by atoms with Gasteiger partial charge in [0.1, 0.15) is 5.04 Å². The average molecular weight is 377 g/mol. The van der Waals surface area contributed by atoms with Crippen LogP contribution in [0, 0.1) is 5.41 Å². The van der Waals surface area contributed by atoms with E-state index in [1.807, 2.05) is 24.3 Å². The summed E-state index contributed by atoms with van der Waals surface area (Å²) in [5.74, 6) is -0.315. The van der Waals surface area contributed by atoms with Gasteiger partial charge >= 0.3 is 0 Å². The van der Waals surface area contributed by atoms with Crippen LogP contribution in [0.25, 0.3) is 6.08 Å². The summed E-state index contributed by atoms with van der Waals surface area (Å²) >= 11 is 4.76. The van der Waals surface area contributed by atoms with Gasteiger partial charge in [-0.3, -0.25) is 10.2 Å². The summed E-state index contributed by atoms with van der Waals surface area (Å²) in [6.07, 6.45) is 3.47. The Kier molecular flexibility index (Phi) is 4.26. The predicted octanol–water partition coefficient (Wildman–Crippen LogP) is 3.87. The van der Waals surface area contributed by atoms with Gasteiger partial charge in [0, 0.05) is 4.47 Å². The van der Waals surface area contributed by atoms with E-state index in [2.05, 4.69) is 32.9 Å². The molecule has 2 heterocycles. The maximum Gasteiger partial charge on any atom is 0.283 e. The lowest BCUT2D eigenvalue weighted by molar-refractivity contribution is -0.114. The molecule has 112 valence electrons. The van der Waals surface area contributed by atoms with Crippen molar-refractivity contribution >= 4 is 55.7 Å². The fraction of sp³-hybridized carbons (Fsp3) is 0.200. The number of hydrazone groups is 1. The number of carbonyl (C=O) groups excluding carboxylic acids is 1. The number of halogens is 1. The molecular formula is C15H13BrN4OS. The number of benzene rings is 1. The molecule has 3 rings (SSSR count). The Labute approximate surface area is 140 Å². The van der Waals surface area contributed by atoms with Crippen molar-refractivity contribution in [2.24, 2.45) is 10.1 Å². The molecule has 0 saturated heterocycles. The highest BCUT2D eigenvalue weighted by molar-refractivity contribution is 9.10. The second kappa shape index (κ2) is 6.18. The molecule has 0 aromatic heterocycles. The van der Waals surface area contributed by atoms with E-state index in [9.17, 15) is 4.79 Å². The topological polar surface area (TPSA) is 68.9 Å². The van der Waals surface area contributed by atoms with Crippen molar-refractivity contribution in [3.8, 4) is 0 Å². The van der Waals surface area contributed by atoms with E-state index in [4.69, 9.17) is 5.41 Å². The van der Waals surface area contributed by atoms with Gasteiger partial charge in [0.2, 0.25) is 5.17 Å². The number of hydrogen-bond donors (Lipinski definition) is 1. The zero-order valence-corrected chi connectivity index (χ0v) is 14.2. The van der Waals surface area contributed by atoms with E-state index in [1.54, 1.807) is 6.08 Å². The van der Waals surface area contributed by atoms with E-state index in [-0.39, 0.29) is 11.4 Å². The molecule has 22 heavy (non-hydrogen) atoms. The first-order chi connectivity index (χ1) is 10.6. The third kappa shape index (κ3) is 2.91. The summed E-state index contributed by atoms with van der Waals surface area (Å²) in [5.41, 5.74) is 1.09. The normalized spacial score (nSPS) is 19.4. The molecule has 0 aliphatic carbocycles. The first kappa shape index (κ1) is 15.2. The minimum absolute atomic E-state index is 0.0774. The Bertz CT molecular complexity index is 754. The Morgan fingerprint density at radius 2 is 2.27 bits per heavy atom. The van der Waals surface area contributed by atoms with Crippen LogP contribution in [0.3, 0.4) is 0 Å². The molecule has 1 N–H and O–H groups in total. The van der Waals surface area contributed by atoms with E-state index in [1.165, 1.54) is 16.8 Å². The predicted molar refractivity (Wildman–Crippen MR) is 94.1 cm³/mol. The van der Waals surface area contributed by atoms with Crippen LogP contribution in [0.15, 0.2) is 44.4 Å². The second-order valence-corrected chi connectivity index (χ2v) is 6.77. The van der Waals surface area contributed by atoms with Gasteiger partial charge in [-0.15, -0.1) is 0 Å². The Morgan fingerprint density at radius 3 is 3.00 bits per heavy atom. The summed E-state index contributed by atoms with van der Waals surface area (Å²) in [5, 5.41) is 15.4. The van der Waals surface area contributed by atoms with Gasteiger partial charge < -0.3 is 0 Å². The quantitative estimate of drug-likeness (QED) is 0.813. The molecule has 5 nitrogen and oxygen atoms in total. The van der Waals surface area contributed by atoms with E-state index < -0.39 is 5.91 Å². The summed E-state index contributed by atoms with van der Waals surface area (Å²) in [7, 11) is 0. The number of thioether (sulfide) groups is 1. The SMILES string of the molecule is CCCC1=NN2C(=N)/C(=C/c3cccc(Br)c3)C(=O)N=C2S1. The first-order valence-electron chi connectivity index (χ1n) is 6.83. The lowest BCUT2D eigenvalue weighted by Gasteiger charge is -2.20. The van der Waals surface area contributed by atoms with Gasteiger partial charge in [-0.2, -0.15) is 15.1 Å². The van der Waals surface area contributed by atoms with Gasteiger partial charge in [0.25, 0.3) is 5.91 Å². The lowest BCUT2D eigenvalue weighted by atomic mass is 10.1. The molecule has 1 aromatic carbocycles. The van der Waals surface area contributed by atoms with Crippen LogP contribution in [0.2, 0.25) is 0 Å². The fourth-order valence-electron chi connectivity index (χ4n) is 2.11. The van der Waals surface area contributed by atoms with Gasteiger partial charge in [0.15, 0.2) is 5.84 Å². The highest BCUT2D eigenvalue weighted by Crippen LogP contribution is 2.29. The molecule has 2 aliphatic heterocycles. The number of amides is 1. The molecule has 0 saturated carbocycles. The number of carbonyl (C=O) groups is 1. The summed E-state index contributed by atoms with van der Waals surface area (Å²) in [6, 6.07) is 7.55. The van der Waals surface area contributed by atoms with Gasteiger partial charge in [-0.05, 0) is 48.4 Å². The number of nitrogens with one attached hydrogen (secondary N) is 1. The molecule has 0 atom stereocenters. The Hall–Kier alpha value is -1.73.